The molecule has 1 heterocycles. The summed E-state index contributed by atoms with van der Waals surface area (Å²) in [5.74, 6) is 0.445. The third kappa shape index (κ3) is 2.81. The van der Waals surface area contributed by atoms with Gasteiger partial charge in [0.25, 0.3) is 0 Å². The van der Waals surface area contributed by atoms with Gasteiger partial charge in [0.1, 0.15) is 5.78 Å². The molecule has 2 heteroatoms. The lowest BCUT2D eigenvalue weighted by molar-refractivity contribution is -0.123. The van der Waals surface area contributed by atoms with E-state index in [-0.39, 0.29) is 0 Å². The predicted molar refractivity (Wildman–Crippen MR) is 59.4 cm³/mol. The van der Waals surface area contributed by atoms with Crippen LogP contribution in [0.1, 0.15) is 52.9 Å². The number of piperidine rings is 1. The van der Waals surface area contributed by atoms with Gasteiger partial charge in [-0.2, -0.15) is 0 Å². The fraction of sp³-hybridized carbons (Fsp3) is 0.917. The summed E-state index contributed by atoms with van der Waals surface area (Å²) in [5.41, 5.74) is 0. The van der Waals surface area contributed by atoms with Gasteiger partial charge in [-0.3, -0.25) is 9.69 Å². The highest BCUT2D eigenvalue weighted by atomic mass is 16.1. The fourth-order valence-electron chi connectivity index (χ4n) is 2.50. The van der Waals surface area contributed by atoms with Crippen LogP contribution in [0.15, 0.2) is 0 Å². The number of rotatable bonds is 4. The van der Waals surface area contributed by atoms with Crippen LogP contribution < -0.4 is 0 Å². The number of carbonyl (C=O) groups excluding carboxylic acids is 1. The van der Waals surface area contributed by atoms with Crippen molar-refractivity contribution >= 4 is 5.78 Å². The molecule has 1 fully saturated rings. The minimum absolute atomic E-state index is 0.445. The van der Waals surface area contributed by atoms with Gasteiger partial charge in [-0.25, -0.2) is 0 Å². The van der Waals surface area contributed by atoms with Crippen molar-refractivity contribution in [2.45, 2.75) is 65.0 Å². The summed E-state index contributed by atoms with van der Waals surface area (Å²) >= 11 is 0. The Kier molecular flexibility index (Phi) is 4.59. The Morgan fingerprint density at radius 2 is 2.21 bits per heavy atom. The van der Waals surface area contributed by atoms with Crippen molar-refractivity contribution in [2.75, 3.05) is 6.54 Å². The molecule has 0 saturated carbocycles. The van der Waals surface area contributed by atoms with Crippen molar-refractivity contribution in [1.82, 2.24) is 4.90 Å². The zero-order valence-electron chi connectivity index (χ0n) is 9.75. The van der Waals surface area contributed by atoms with Gasteiger partial charge in [0.15, 0.2) is 0 Å². The Bertz CT molecular complexity index is 191. The number of hydrogen-bond acceptors (Lipinski definition) is 2. The van der Waals surface area contributed by atoms with Crippen LogP contribution in [0.25, 0.3) is 0 Å². The molecule has 1 aliphatic heterocycles. The number of ketones is 1. The monoisotopic (exact) mass is 197 g/mol. The van der Waals surface area contributed by atoms with E-state index < -0.39 is 0 Å². The Morgan fingerprint density at radius 1 is 1.50 bits per heavy atom. The average molecular weight is 197 g/mol. The predicted octanol–water partition coefficient (Wildman–Crippen LogP) is 2.62. The first-order valence-corrected chi connectivity index (χ1v) is 5.96. The molecule has 2 nitrogen and oxygen atoms in total. The van der Waals surface area contributed by atoms with E-state index >= 15 is 0 Å². The largest absolute Gasteiger partial charge is 0.300 e. The van der Waals surface area contributed by atoms with Gasteiger partial charge in [-0.05, 0) is 19.8 Å². The molecule has 0 amide bonds. The van der Waals surface area contributed by atoms with Crippen molar-refractivity contribution in [3.63, 3.8) is 0 Å². The second kappa shape index (κ2) is 5.50. The SMILES string of the molecule is CCCC(CC)N1CCC(=O)CC1C. The molecule has 0 bridgehead atoms. The summed E-state index contributed by atoms with van der Waals surface area (Å²) in [6, 6.07) is 1.16. The summed E-state index contributed by atoms with van der Waals surface area (Å²) < 4.78 is 0. The molecule has 0 aromatic rings. The molecule has 0 aliphatic carbocycles. The number of Topliss-reactive ketones (excluding diaryl/α,β-unsaturated/α-hetero) is 1. The van der Waals surface area contributed by atoms with Gasteiger partial charge in [0, 0.05) is 31.5 Å². The van der Waals surface area contributed by atoms with E-state index in [1.165, 1.54) is 19.3 Å². The number of likely N-dealkylation sites (tertiary alicyclic amines) is 1. The third-order valence-electron chi connectivity index (χ3n) is 3.30. The fourth-order valence-corrected chi connectivity index (χ4v) is 2.50. The first-order valence-electron chi connectivity index (χ1n) is 5.96. The van der Waals surface area contributed by atoms with Gasteiger partial charge < -0.3 is 0 Å². The van der Waals surface area contributed by atoms with E-state index in [9.17, 15) is 4.79 Å². The van der Waals surface area contributed by atoms with Crippen LogP contribution in [0.5, 0.6) is 0 Å². The maximum Gasteiger partial charge on any atom is 0.135 e. The zero-order chi connectivity index (χ0) is 10.6. The molecule has 2 atom stereocenters. The van der Waals surface area contributed by atoms with E-state index in [2.05, 4.69) is 25.7 Å². The molecule has 0 aromatic carbocycles. The van der Waals surface area contributed by atoms with Crippen molar-refractivity contribution in [3.05, 3.63) is 0 Å². The summed E-state index contributed by atoms with van der Waals surface area (Å²) in [7, 11) is 0. The lowest BCUT2D eigenvalue weighted by Gasteiger charge is -2.38. The van der Waals surface area contributed by atoms with Gasteiger partial charge in [0.05, 0.1) is 0 Å². The second-order valence-electron chi connectivity index (χ2n) is 4.43. The summed E-state index contributed by atoms with van der Waals surface area (Å²) in [4.78, 5) is 13.8. The Balaban J connectivity index is 2.52. The van der Waals surface area contributed by atoms with E-state index in [1.54, 1.807) is 0 Å². The quantitative estimate of drug-likeness (QED) is 0.690. The Hall–Kier alpha value is -0.370. The van der Waals surface area contributed by atoms with Gasteiger partial charge >= 0.3 is 0 Å². The Labute approximate surface area is 87.7 Å². The maximum atomic E-state index is 11.3. The topological polar surface area (TPSA) is 20.3 Å². The first kappa shape index (κ1) is 11.7. The van der Waals surface area contributed by atoms with Crippen molar-refractivity contribution in [3.8, 4) is 0 Å². The molecule has 0 N–H and O–H groups in total. The van der Waals surface area contributed by atoms with Crippen LogP contribution in [0.2, 0.25) is 0 Å². The third-order valence-corrected chi connectivity index (χ3v) is 3.30. The van der Waals surface area contributed by atoms with Gasteiger partial charge in [-0.15, -0.1) is 0 Å². The van der Waals surface area contributed by atoms with E-state index in [0.717, 1.165) is 19.4 Å². The van der Waals surface area contributed by atoms with E-state index in [4.69, 9.17) is 0 Å². The van der Waals surface area contributed by atoms with E-state index in [0.29, 0.717) is 17.9 Å². The van der Waals surface area contributed by atoms with Crippen molar-refractivity contribution < 1.29 is 4.79 Å². The molecule has 1 aliphatic rings. The number of nitrogens with zero attached hydrogens (tertiary/aromatic N) is 1. The zero-order valence-corrected chi connectivity index (χ0v) is 9.75. The van der Waals surface area contributed by atoms with E-state index in [1.807, 2.05) is 0 Å². The molecular formula is C12H23NO. The molecular weight excluding hydrogens is 174 g/mol. The molecule has 1 saturated heterocycles. The second-order valence-corrected chi connectivity index (χ2v) is 4.43. The molecule has 82 valence electrons. The van der Waals surface area contributed by atoms with Crippen LogP contribution in [0.4, 0.5) is 0 Å². The standard InChI is InChI=1S/C12H23NO/c1-4-6-11(5-2)13-8-7-12(14)9-10(13)3/h10-11H,4-9H2,1-3H3. The maximum absolute atomic E-state index is 11.3. The van der Waals surface area contributed by atoms with Crippen LogP contribution >= 0.6 is 0 Å². The highest BCUT2D eigenvalue weighted by Gasteiger charge is 2.27. The number of hydrogen-bond donors (Lipinski definition) is 0. The average Bonchev–Trinajstić information content (AvgIpc) is 2.15. The van der Waals surface area contributed by atoms with Gasteiger partial charge in [-0.1, -0.05) is 20.3 Å². The highest BCUT2D eigenvalue weighted by molar-refractivity contribution is 5.79. The normalized spacial score (nSPS) is 26.5. The molecule has 0 spiro atoms. The molecule has 0 radical (unpaired) electrons. The lowest BCUT2D eigenvalue weighted by Crippen LogP contribution is -2.46. The van der Waals surface area contributed by atoms with Gasteiger partial charge in [0.2, 0.25) is 0 Å². The van der Waals surface area contributed by atoms with Crippen LogP contribution in [0, 0.1) is 0 Å². The van der Waals surface area contributed by atoms with Crippen molar-refractivity contribution in [1.29, 1.82) is 0 Å². The minimum atomic E-state index is 0.445. The van der Waals surface area contributed by atoms with Crippen LogP contribution in [-0.2, 0) is 4.79 Å². The summed E-state index contributed by atoms with van der Waals surface area (Å²) in [6.45, 7) is 7.67. The molecule has 2 unspecified atom stereocenters. The minimum Gasteiger partial charge on any atom is -0.300 e. The first-order chi connectivity index (χ1) is 6.69. The Morgan fingerprint density at radius 3 is 2.71 bits per heavy atom. The summed E-state index contributed by atoms with van der Waals surface area (Å²) in [6.07, 6.45) is 5.27. The molecule has 14 heavy (non-hydrogen) atoms. The molecule has 1 rings (SSSR count). The smallest absolute Gasteiger partial charge is 0.135 e. The van der Waals surface area contributed by atoms with Crippen molar-refractivity contribution in [2.24, 2.45) is 0 Å². The highest BCUT2D eigenvalue weighted by Crippen LogP contribution is 2.21. The van der Waals surface area contributed by atoms with Crippen LogP contribution in [0.3, 0.4) is 0 Å². The summed E-state index contributed by atoms with van der Waals surface area (Å²) in [5, 5.41) is 0. The number of carbonyl (C=O) groups is 1. The molecule has 0 aromatic heterocycles. The lowest BCUT2D eigenvalue weighted by atomic mass is 9.97. The van der Waals surface area contributed by atoms with Crippen LogP contribution in [-0.4, -0.2) is 29.3 Å².